The molecular weight excluding hydrogens is 278 g/mol. The van der Waals surface area contributed by atoms with Crippen molar-refractivity contribution in [3.8, 4) is 0 Å². The fourth-order valence-electron chi connectivity index (χ4n) is 2.12. The molecule has 1 aromatic rings. The second-order valence-corrected chi connectivity index (χ2v) is 6.16. The molecule has 0 aromatic heterocycles. The highest BCUT2D eigenvalue weighted by molar-refractivity contribution is 7.89. The molecule has 104 valence electrons. The summed E-state index contributed by atoms with van der Waals surface area (Å²) in [6, 6.07) is 3.10. The van der Waals surface area contributed by atoms with Gasteiger partial charge in [0.15, 0.2) is 11.6 Å². The van der Waals surface area contributed by atoms with Gasteiger partial charge >= 0.3 is 0 Å². The maximum absolute atomic E-state index is 13.1. The minimum Gasteiger partial charge on any atom is -0.312 e. The summed E-state index contributed by atoms with van der Waals surface area (Å²) < 4.78 is 47.9. The van der Waals surface area contributed by atoms with Crippen LogP contribution in [0.2, 0.25) is 0 Å². The van der Waals surface area contributed by atoms with E-state index in [1.54, 1.807) is 0 Å². The van der Waals surface area contributed by atoms with Gasteiger partial charge in [-0.3, -0.25) is 4.79 Å². The van der Waals surface area contributed by atoms with Gasteiger partial charge in [-0.1, -0.05) is 0 Å². The van der Waals surface area contributed by atoms with Crippen LogP contribution in [0, 0.1) is 17.6 Å². The monoisotopic (exact) mass is 290 g/mol. The van der Waals surface area contributed by atoms with E-state index in [2.05, 4.69) is 0 Å². The zero-order valence-corrected chi connectivity index (χ0v) is 10.7. The van der Waals surface area contributed by atoms with Crippen molar-refractivity contribution in [3.05, 3.63) is 29.8 Å². The molecule has 0 spiro atoms. The van der Waals surface area contributed by atoms with Crippen LogP contribution < -0.4 is 10.0 Å². The van der Waals surface area contributed by atoms with Crippen molar-refractivity contribution in [2.75, 3.05) is 17.2 Å². The van der Waals surface area contributed by atoms with E-state index in [0.717, 1.165) is 12.1 Å². The summed E-state index contributed by atoms with van der Waals surface area (Å²) in [4.78, 5) is 13.0. The van der Waals surface area contributed by atoms with Gasteiger partial charge in [-0.15, -0.1) is 0 Å². The van der Waals surface area contributed by atoms with Gasteiger partial charge in [0.25, 0.3) is 0 Å². The first kappa shape index (κ1) is 13.9. The molecule has 1 aliphatic rings. The van der Waals surface area contributed by atoms with Crippen LogP contribution in [-0.2, 0) is 14.8 Å². The molecule has 1 heterocycles. The first-order chi connectivity index (χ1) is 8.76. The maximum Gasteiger partial charge on any atom is 0.227 e. The molecular formula is C11H12F2N2O3S. The van der Waals surface area contributed by atoms with Gasteiger partial charge < -0.3 is 4.90 Å². The third kappa shape index (κ3) is 3.27. The minimum atomic E-state index is -3.66. The van der Waals surface area contributed by atoms with Gasteiger partial charge in [-0.25, -0.2) is 22.3 Å². The lowest BCUT2D eigenvalue weighted by atomic mass is 10.1. The Kier molecular flexibility index (Phi) is 3.55. The number of anilines is 1. The molecule has 1 aromatic carbocycles. The summed E-state index contributed by atoms with van der Waals surface area (Å²) in [6.45, 7) is 0.125. The SMILES string of the molecule is NS(=O)(=O)CC1CC(=O)N(c2ccc(F)c(F)c2)C1. The molecule has 0 aliphatic carbocycles. The molecule has 1 aliphatic heterocycles. The third-order valence-electron chi connectivity index (χ3n) is 2.89. The second-order valence-electron chi connectivity index (χ2n) is 4.50. The molecule has 2 rings (SSSR count). The number of carbonyl (C=O) groups excluding carboxylic acids is 1. The van der Waals surface area contributed by atoms with Crippen LogP contribution in [0.3, 0.4) is 0 Å². The first-order valence-electron chi connectivity index (χ1n) is 5.52. The standard InChI is InChI=1S/C11H12F2N2O3S/c12-9-2-1-8(4-10(9)13)15-5-7(3-11(15)16)6-19(14,17)18/h1-2,4,7H,3,5-6H2,(H2,14,17,18). The van der Waals surface area contributed by atoms with E-state index >= 15 is 0 Å². The Morgan fingerprint density at radius 2 is 2.00 bits per heavy atom. The van der Waals surface area contributed by atoms with E-state index in [4.69, 9.17) is 5.14 Å². The molecule has 0 radical (unpaired) electrons. The molecule has 5 nitrogen and oxygen atoms in total. The largest absolute Gasteiger partial charge is 0.312 e. The van der Waals surface area contributed by atoms with Crippen molar-refractivity contribution in [1.29, 1.82) is 0 Å². The van der Waals surface area contributed by atoms with E-state index in [9.17, 15) is 22.0 Å². The summed E-state index contributed by atoms with van der Waals surface area (Å²) in [5, 5.41) is 4.92. The van der Waals surface area contributed by atoms with Crippen molar-refractivity contribution in [2.45, 2.75) is 6.42 Å². The molecule has 1 amide bonds. The zero-order valence-electron chi connectivity index (χ0n) is 9.84. The lowest BCUT2D eigenvalue weighted by Crippen LogP contribution is -2.27. The number of nitrogens with zero attached hydrogens (tertiary/aromatic N) is 1. The molecule has 19 heavy (non-hydrogen) atoms. The molecule has 1 saturated heterocycles. The smallest absolute Gasteiger partial charge is 0.227 e. The number of sulfonamides is 1. The number of carbonyl (C=O) groups is 1. The highest BCUT2D eigenvalue weighted by atomic mass is 32.2. The van der Waals surface area contributed by atoms with Gasteiger partial charge in [0, 0.05) is 30.6 Å². The Labute approximate surface area is 109 Å². The van der Waals surface area contributed by atoms with Crippen LogP contribution in [-0.4, -0.2) is 26.6 Å². The quantitative estimate of drug-likeness (QED) is 0.885. The number of hydrogen-bond donors (Lipinski definition) is 1. The average Bonchev–Trinajstić information content (AvgIpc) is 2.61. The molecule has 8 heteroatoms. The Balaban J connectivity index is 2.18. The highest BCUT2D eigenvalue weighted by Gasteiger charge is 2.33. The lowest BCUT2D eigenvalue weighted by Gasteiger charge is -2.16. The zero-order chi connectivity index (χ0) is 14.2. The number of benzene rings is 1. The van der Waals surface area contributed by atoms with Crippen LogP contribution in [0.25, 0.3) is 0 Å². The molecule has 0 saturated carbocycles. The molecule has 0 bridgehead atoms. The van der Waals surface area contributed by atoms with Gasteiger partial charge in [0.2, 0.25) is 15.9 Å². The van der Waals surface area contributed by atoms with Crippen molar-refractivity contribution < 1.29 is 22.0 Å². The van der Waals surface area contributed by atoms with Crippen LogP contribution >= 0.6 is 0 Å². The Hall–Kier alpha value is -1.54. The molecule has 1 unspecified atom stereocenters. The topological polar surface area (TPSA) is 80.5 Å². The summed E-state index contributed by atoms with van der Waals surface area (Å²) in [7, 11) is -3.66. The number of nitrogens with two attached hydrogens (primary N) is 1. The van der Waals surface area contributed by atoms with Crippen molar-refractivity contribution in [2.24, 2.45) is 11.1 Å². The lowest BCUT2D eigenvalue weighted by molar-refractivity contribution is -0.117. The van der Waals surface area contributed by atoms with Crippen LogP contribution in [0.5, 0.6) is 0 Å². The molecule has 1 atom stereocenters. The first-order valence-corrected chi connectivity index (χ1v) is 7.23. The van der Waals surface area contributed by atoms with E-state index in [1.807, 2.05) is 0 Å². The van der Waals surface area contributed by atoms with Gasteiger partial charge in [-0.2, -0.15) is 0 Å². The maximum atomic E-state index is 13.1. The Bertz CT molecular complexity index is 618. The number of hydrogen-bond acceptors (Lipinski definition) is 3. The van der Waals surface area contributed by atoms with Gasteiger partial charge in [0.05, 0.1) is 5.75 Å². The normalized spacial score (nSPS) is 20.1. The third-order valence-corrected chi connectivity index (χ3v) is 3.82. The number of halogens is 2. The van der Waals surface area contributed by atoms with Crippen LogP contribution in [0.15, 0.2) is 18.2 Å². The minimum absolute atomic E-state index is 0.0232. The van der Waals surface area contributed by atoms with Crippen molar-refractivity contribution in [3.63, 3.8) is 0 Å². The molecule has 1 fully saturated rings. The highest BCUT2D eigenvalue weighted by Crippen LogP contribution is 2.26. The van der Waals surface area contributed by atoms with Crippen LogP contribution in [0.4, 0.5) is 14.5 Å². The fraction of sp³-hybridized carbons (Fsp3) is 0.364. The number of amides is 1. The van der Waals surface area contributed by atoms with E-state index in [-0.39, 0.29) is 30.3 Å². The second kappa shape index (κ2) is 4.86. The number of rotatable bonds is 3. The predicted molar refractivity (Wildman–Crippen MR) is 64.8 cm³/mol. The Morgan fingerprint density at radius 1 is 1.32 bits per heavy atom. The van der Waals surface area contributed by atoms with Crippen LogP contribution in [0.1, 0.15) is 6.42 Å². The van der Waals surface area contributed by atoms with E-state index in [1.165, 1.54) is 11.0 Å². The van der Waals surface area contributed by atoms with Crippen molar-refractivity contribution in [1.82, 2.24) is 0 Å². The number of primary sulfonamides is 1. The summed E-state index contributed by atoms with van der Waals surface area (Å²) in [6.07, 6.45) is 0.0232. The van der Waals surface area contributed by atoms with E-state index in [0.29, 0.717) is 0 Å². The summed E-state index contributed by atoms with van der Waals surface area (Å²) in [5.74, 6) is -3.13. The Morgan fingerprint density at radius 3 is 2.58 bits per heavy atom. The van der Waals surface area contributed by atoms with Crippen molar-refractivity contribution >= 4 is 21.6 Å². The van der Waals surface area contributed by atoms with E-state index < -0.39 is 27.6 Å². The summed E-state index contributed by atoms with van der Waals surface area (Å²) in [5.41, 5.74) is 0.209. The average molecular weight is 290 g/mol. The van der Waals surface area contributed by atoms with Gasteiger partial charge in [0.1, 0.15) is 0 Å². The predicted octanol–water partition coefficient (Wildman–Crippen LogP) is 0.606. The van der Waals surface area contributed by atoms with Gasteiger partial charge in [-0.05, 0) is 12.1 Å². The summed E-state index contributed by atoms with van der Waals surface area (Å²) >= 11 is 0. The molecule has 2 N–H and O–H groups in total. The fourth-order valence-corrected chi connectivity index (χ4v) is 3.00.